The summed E-state index contributed by atoms with van der Waals surface area (Å²) in [5.41, 5.74) is 0.563. The topological polar surface area (TPSA) is 85.3 Å². The molecule has 0 saturated heterocycles. The Morgan fingerprint density at radius 3 is 2.29 bits per heavy atom. The van der Waals surface area contributed by atoms with E-state index < -0.39 is 22.8 Å². The Kier molecular flexibility index (Phi) is 6.07. The molecule has 9 heteroatoms. The Bertz CT molecular complexity index is 1510. The zero-order valence-corrected chi connectivity index (χ0v) is 19.7. The first-order valence-corrected chi connectivity index (χ1v) is 11.0. The maximum atomic E-state index is 14.6. The number of aromatic hydroxyl groups is 1. The third-order valence-electron chi connectivity index (χ3n) is 5.49. The first-order chi connectivity index (χ1) is 16.2. The molecule has 0 amide bonds. The third kappa shape index (κ3) is 3.68. The van der Waals surface area contributed by atoms with E-state index >= 15 is 0 Å². The Balaban J connectivity index is 2.26. The molecule has 4 aromatic rings. The lowest BCUT2D eigenvalue weighted by molar-refractivity contribution is 0.483. The minimum Gasteiger partial charge on any atom is -0.518 e. The predicted octanol–water partition coefficient (Wildman–Crippen LogP) is 6.14. The van der Waals surface area contributed by atoms with Gasteiger partial charge in [-0.1, -0.05) is 51.4 Å². The van der Waals surface area contributed by atoms with Gasteiger partial charge in [-0.25, -0.2) is 24.2 Å². The van der Waals surface area contributed by atoms with Crippen molar-refractivity contribution in [3.05, 3.63) is 80.7 Å². The predicted molar refractivity (Wildman–Crippen MR) is 129 cm³/mol. The Hall–Kier alpha value is -3.83. The number of hydrogen-bond acceptors (Lipinski definition) is 5. The number of pyridine rings is 2. The van der Waals surface area contributed by atoms with Crippen molar-refractivity contribution in [1.29, 1.82) is 0 Å². The van der Waals surface area contributed by atoms with E-state index in [-0.39, 0.29) is 39.1 Å². The molecule has 1 N–H and O–H groups in total. The molecule has 0 aliphatic heterocycles. The van der Waals surface area contributed by atoms with E-state index in [1.165, 1.54) is 29.1 Å². The largest absolute Gasteiger partial charge is 0.518 e. The van der Waals surface area contributed by atoms with E-state index in [1.54, 1.807) is 12.1 Å². The van der Waals surface area contributed by atoms with Crippen molar-refractivity contribution in [2.24, 2.45) is 0 Å². The summed E-state index contributed by atoms with van der Waals surface area (Å²) < 4.78 is 15.9. The van der Waals surface area contributed by atoms with Gasteiger partial charge in [-0.15, -0.1) is 0 Å². The van der Waals surface area contributed by atoms with Crippen LogP contribution in [0.3, 0.4) is 0 Å². The van der Waals surface area contributed by atoms with Crippen LogP contribution in [0.2, 0.25) is 5.02 Å². The van der Waals surface area contributed by atoms with Crippen molar-refractivity contribution in [3.8, 4) is 22.7 Å². The molecule has 0 saturated carbocycles. The maximum Gasteiger partial charge on any atom is 0.292 e. The summed E-state index contributed by atoms with van der Waals surface area (Å²) in [7, 11) is 0. The number of rotatable bonds is 4. The second-order valence-electron chi connectivity index (χ2n) is 8.42. The molecule has 0 aliphatic carbocycles. The Labute approximate surface area is 200 Å². The van der Waals surface area contributed by atoms with Gasteiger partial charge in [0.25, 0.3) is 11.2 Å². The molecule has 172 valence electrons. The molecule has 1 aromatic carbocycles. The second kappa shape index (κ2) is 8.84. The summed E-state index contributed by atoms with van der Waals surface area (Å²) in [6, 6.07) is 7.38. The molecule has 0 fully saturated rings. The smallest absolute Gasteiger partial charge is 0.292 e. The summed E-state index contributed by atoms with van der Waals surface area (Å²) in [5, 5.41) is 10.9. The fraction of sp³-hybridized carbons (Fsp3) is 0.240. The molecule has 0 radical (unpaired) electrons. The highest BCUT2D eigenvalue weighted by Crippen LogP contribution is 2.39. The molecule has 0 atom stereocenters. The van der Waals surface area contributed by atoms with E-state index in [0.717, 1.165) is 0 Å². The third-order valence-corrected chi connectivity index (χ3v) is 5.78. The molecule has 4 rings (SSSR count). The van der Waals surface area contributed by atoms with E-state index in [1.807, 2.05) is 27.7 Å². The Morgan fingerprint density at radius 2 is 1.74 bits per heavy atom. The number of nitrogens with zero attached hydrogens (tertiary/aromatic N) is 5. The van der Waals surface area contributed by atoms with Crippen LogP contribution >= 0.6 is 11.6 Å². The first kappa shape index (κ1) is 23.3. The Morgan fingerprint density at radius 1 is 1.12 bits per heavy atom. The van der Waals surface area contributed by atoms with E-state index in [0.29, 0.717) is 17.1 Å². The standard InChI is InChI=1S/C25H21ClFN5O2/c1-12(2)18-22(19(13(3)4)30-11-29-18)32-24-15(23(33)21(28-5)25(32)34)10-16(26)20(31-24)14-8-6-7-9-17(14)27/h6-13,33H,1-4H3. The number of hydrogen-bond donors (Lipinski definition) is 1. The van der Waals surface area contributed by atoms with Gasteiger partial charge in [-0.2, -0.15) is 0 Å². The van der Waals surface area contributed by atoms with Crippen molar-refractivity contribution in [2.45, 2.75) is 39.5 Å². The molecule has 0 bridgehead atoms. The van der Waals surface area contributed by atoms with Gasteiger partial charge >= 0.3 is 0 Å². The van der Waals surface area contributed by atoms with Crippen LogP contribution in [-0.4, -0.2) is 24.6 Å². The van der Waals surface area contributed by atoms with Crippen molar-refractivity contribution < 1.29 is 9.50 Å². The van der Waals surface area contributed by atoms with E-state index in [2.05, 4.69) is 19.8 Å². The zero-order chi connectivity index (χ0) is 24.7. The molecular weight excluding hydrogens is 457 g/mol. The fourth-order valence-electron chi connectivity index (χ4n) is 3.89. The van der Waals surface area contributed by atoms with Crippen LogP contribution in [0.4, 0.5) is 10.1 Å². The molecule has 7 nitrogen and oxygen atoms in total. The minimum atomic E-state index is -0.770. The number of halogens is 2. The van der Waals surface area contributed by atoms with E-state index in [9.17, 15) is 14.3 Å². The van der Waals surface area contributed by atoms with Gasteiger partial charge in [0.2, 0.25) is 0 Å². The molecule has 34 heavy (non-hydrogen) atoms. The zero-order valence-electron chi connectivity index (χ0n) is 19.0. The van der Waals surface area contributed by atoms with Gasteiger partial charge in [0.15, 0.2) is 0 Å². The number of aromatic nitrogens is 4. The van der Waals surface area contributed by atoms with Crippen molar-refractivity contribution in [3.63, 3.8) is 0 Å². The highest BCUT2D eigenvalue weighted by atomic mass is 35.5. The van der Waals surface area contributed by atoms with Gasteiger partial charge in [0, 0.05) is 5.56 Å². The fourth-order valence-corrected chi connectivity index (χ4v) is 4.14. The van der Waals surface area contributed by atoms with Gasteiger partial charge in [0.05, 0.1) is 39.8 Å². The highest BCUT2D eigenvalue weighted by Gasteiger charge is 2.26. The van der Waals surface area contributed by atoms with Crippen LogP contribution in [0.15, 0.2) is 41.5 Å². The van der Waals surface area contributed by atoms with Crippen molar-refractivity contribution in [1.82, 2.24) is 19.5 Å². The molecule has 3 aromatic heterocycles. The van der Waals surface area contributed by atoms with Gasteiger partial charge in [-0.05, 0) is 30.0 Å². The molecule has 3 heterocycles. The normalized spacial score (nSPS) is 11.4. The average molecular weight is 478 g/mol. The molecular formula is C25H21ClFN5O2. The minimum absolute atomic E-state index is 0.0242. The van der Waals surface area contributed by atoms with E-state index in [4.69, 9.17) is 18.2 Å². The summed E-state index contributed by atoms with van der Waals surface area (Å²) >= 11 is 6.45. The van der Waals surface area contributed by atoms with Gasteiger partial charge < -0.3 is 5.11 Å². The number of fused-ring (bicyclic) bond motifs is 1. The molecule has 0 unspecified atom stereocenters. The summed E-state index contributed by atoms with van der Waals surface area (Å²) in [5.74, 6) is -1.27. The van der Waals surface area contributed by atoms with Gasteiger partial charge in [0.1, 0.15) is 23.5 Å². The highest BCUT2D eigenvalue weighted by molar-refractivity contribution is 6.33. The SMILES string of the molecule is [C-]#[N+]c1c(O)c2cc(Cl)c(-c3ccccc3F)nc2n(-c2c(C(C)C)ncnc2C(C)C)c1=O. The molecule has 0 aliphatic rings. The van der Waals surface area contributed by atoms with Gasteiger partial charge in [-0.3, -0.25) is 9.36 Å². The number of benzene rings is 1. The summed E-state index contributed by atoms with van der Waals surface area (Å²) in [4.78, 5) is 30.2. The van der Waals surface area contributed by atoms with Crippen molar-refractivity contribution >= 4 is 28.3 Å². The second-order valence-corrected chi connectivity index (χ2v) is 8.83. The maximum absolute atomic E-state index is 14.6. The summed E-state index contributed by atoms with van der Waals surface area (Å²) in [6.07, 6.45) is 1.44. The van der Waals surface area contributed by atoms with Crippen molar-refractivity contribution in [2.75, 3.05) is 0 Å². The lowest BCUT2D eigenvalue weighted by Gasteiger charge is -2.21. The lowest BCUT2D eigenvalue weighted by Crippen LogP contribution is -2.24. The monoisotopic (exact) mass is 477 g/mol. The summed E-state index contributed by atoms with van der Waals surface area (Å²) in [6.45, 7) is 15.2. The molecule has 0 spiro atoms. The van der Waals surface area contributed by atoms with Crippen LogP contribution in [-0.2, 0) is 0 Å². The van der Waals surface area contributed by atoms with Crippen LogP contribution in [0.5, 0.6) is 5.75 Å². The van der Waals surface area contributed by atoms with Crippen LogP contribution in [0.25, 0.3) is 32.8 Å². The van der Waals surface area contributed by atoms with Crippen LogP contribution < -0.4 is 5.56 Å². The first-order valence-electron chi connectivity index (χ1n) is 10.6. The quantitative estimate of drug-likeness (QED) is 0.357. The van der Waals surface area contributed by atoms with Crippen LogP contribution in [0, 0.1) is 12.4 Å². The van der Waals surface area contributed by atoms with Crippen LogP contribution in [0.1, 0.15) is 50.9 Å². The average Bonchev–Trinajstić information content (AvgIpc) is 2.80. The lowest BCUT2D eigenvalue weighted by atomic mass is 10.0.